The van der Waals surface area contributed by atoms with Crippen LogP contribution in [0.15, 0.2) is 40.9 Å². The molecule has 0 saturated heterocycles. The van der Waals surface area contributed by atoms with E-state index >= 15 is 0 Å². The topological polar surface area (TPSA) is 101 Å². The van der Waals surface area contributed by atoms with Gasteiger partial charge in [0, 0.05) is 23.0 Å². The molecule has 4 heterocycles. The van der Waals surface area contributed by atoms with Crippen LogP contribution >= 0.6 is 22.7 Å². The number of fused-ring (bicyclic) bond motifs is 1. The largest absolute Gasteiger partial charge is 0.260 e. The summed E-state index contributed by atoms with van der Waals surface area (Å²) in [5, 5.41) is 9.96. The second kappa shape index (κ2) is 6.30. The minimum atomic E-state index is -3.73. The molecule has 4 aromatic rings. The fraction of sp³-hybridized carbons (Fsp3) is 0.133. The van der Waals surface area contributed by atoms with Crippen molar-refractivity contribution in [2.45, 2.75) is 18.5 Å². The maximum Gasteiger partial charge on any atom is 0.260 e. The molecule has 10 heteroatoms. The molecule has 7 nitrogen and oxygen atoms in total. The van der Waals surface area contributed by atoms with Crippen LogP contribution in [0.1, 0.15) is 9.88 Å². The van der Waals surface area contributed by atoms with E-state index in [1.165, 1.54) is 11.3 Å². The molecule has 0 aliphatic carbocycles. The average Bonchev–Trinajstić information content (AvgIpc) is 3.32. The Morgan fingerprint density at radius 2 is 2.16 bits per heavy atom. The highest BCUT2D eigenvalue weighted by Crippen LogP contribution is 2.29. The molecular weight excluding hydrogens is 378 g/mol. The van der Waals surface area contributed by atoms with Gasteiger partial charge in [0.05, 0.1) is 21.0 Å². The van der Waals surface area contributed by atoms with E-state index in [9.17, 15) is 8.42 Å². The van der Waals surface area contributed by atoms with E-state index in [1.54, 1.807) is 29.7 Å². The number of rotatable bonds is 5. The average molecular weight is 392 g/mol. The number of nitrogens with zero attached hydrogens (tertiary/aromatic N) is 3. The summed E-state index contributed by atoms with van der Waals surface area (Å²) in [5.41, 5.74) is 1.37. The summed E-state index contributed by atoms with van der Waals surface area (Å²) < 4.78 is 27.7. The number of hydrogen-bond donors (Lipinski definition) is 2. The SMILES string of the molecule is Cc1nc(-c2ccc(CNS(=O)(=O)c3n[nH]c4ncccc34)s2)cs1. The summed E-state index contributed by atoms with van der Waals surface area (Å²) in [6, 6.07) is 7.21. The van der Waals surface area contributed by atoms with Crippen molar-refractivity contribution in [2.24, 2.45) is 0 Å². The minimum Gasteiger partial charge on any atom is -0.259 e. The number of sulfonamides is 1. The Kier molecular flexibility index (Phi) is 4.12. The number of aromatic nitrogens is 4. The van der Waals surface area contributed by atoms with Gasteiger partial charge in [-0.3, -0.25) is 5.10 Å². The first kappa shape index (κ1) is 16.3. The summed E-state index contributed by atoms with van der Waals surface area (Å²) in [6.07, 6.45) is 1.58. The number of thiazole rings is 1. The van der Waals surface area contributed by atoms with Crippen LogP contribution in [0.25, 0.3) is 21.6 Å². The van der Waals surface area contributed by atoms with Crippen LogP contribution in [0, 0.1) is 6.92 Å². The zero-order valence-corrected chi connectivity index (χ0v) is 15.5. The van der Waals surface area contributed by atoms with Crippen molar-refractivity contribution in [3.63, 3.8) is 0 Å². The maximum atomic E-state index is 12.5. The Bertz CT molecular complexity index is 1140. The quantitative estimate of drug-likeness (QED) is 0.545. The van der Waals surface area contributed by atoms with Gasteiger partial charge in [-0.2, -0.15) is 5.10 Å². The Balaban J connectivity index is 1.54. The normalized spacial score (nSPS) is 12.0. The van der Waals surface area contributed by atoms with Gasteiger partial charge in [0.25, 0.3) is 10.0 Å². The van der Waals surface area contributed by atoms with Gasteiger partial charge < -0.3 is 0 Å². The molecule has 4 aromatic heterocycles. The van der Waals surface area contributed by atoms with Crippen molar-refractivity contribution in [2.75, 3.05) is 0 Å². The van der Waals surface area contributed by atoms with Crippen LogP contribution in [0.2, 0.25) is 0 Å². The maximum absolute atomic E-state index is 12.5. The number of thiophene rings is 1. The first-order chi connectivity index (χ1) is 12.0. The van der Waals surface area contributed by atoms with Crippen LogP contribution in [-0.4, -0.2) is 28.6 Å². The number of aromatic amines is 1. The molecule has 0 amide bonds. The van der Waals surface area contributed by atoms with Crippen LogP contribution in [0.3, 0.4) is 0 Å². The van der Waals surface area contributed by atoms with Crippen LogP contribution in [-0.2, 0) is 16.6 Å². The van der Waals surface area contributed by atoms with Crippen LogP contribution in [0.4, 0.5) is 0 Å². The number of nitrogens with one attached hydrogen (secondary N) is 2. The predicted molar refractivity (Wildman–Crippen MR) is 98.1 cm³/mol. The molecule has 0 atom stereocenters. The van der Waals surface area contributed by atoms with Crippen molar-refractivity contribution in [1.82, 2.24) is 24.9 Å². The number of pyridine rings is 1. The third-order valence-electron chi connectivity index (χ3n) is 3.53. The van der Waals surface area contributed by atoms with Crippen molar-refractivity contribution in [3.8, 4) is 10.6 Å². The van der Waals surface area contributed by atoms with Crippen molar-refractivity contribution < 1.29 is 8.42 Å². The van der Waals surface area contributed by atoms with Gasteiger partial charge in [-0.1, -0.05) is 0 Å². The standard InChI is InChI=1S/C15H13N5O2S3/c1-9-18-12(8-23-9)13-5-4-10(24-13)7-17-25(21,22)15-11-3-2-6-16-14(11)19-20-15/h2-6,8,17H,7H2,1H3,(H,16,19,20). The van der Waals surface area contributed by atoms with Crippen molar-refractivity contribution >= 4 is 43.7 Å². The Morgan fingerprint density at radius 3 is 2.96 bits per heavy atom. The van der Waals surface area contributed by atoms with E-state index in [2.05, 4.69) is 24.9 Å². The van der Waals surface area contributed by atoms with Crippen molar-refractivity contribution in [3.05, 3.63) is 45.7 Å². The van der Waals surface area contributed by atoms with Gasteiger partial charge in [0.1, 0.15) is 0 Å². The molecule has 25 heavy (non-hydrogen) atoms. The van der Waals surface area contributed by atoms with Gasteiger partial charge in [-0.05, 0) is 31.2 Å². The van der Waals surface area contributed by atoms with Gasteiger partial charge in [0.2, 0.25) is 5.03 Å². The lowest BCUT2D eigenvalue weighted by atomic mass is 10.4. The molecule has 2 N–H and O–H groups in total. The molecule has 4 rings (SSSR count). The summed E-state index contributed by atoms with van der Waals surface area (Å²) in [6.45, 7) is 2.16. The van der Waals surface area contributed by atoms with E-state index in [4.69, 9.17) is 0 Å². The molecule has 128 valence electrons. The van der Waals surface area contributed by atoms with Gasteiger partial charge in [-0.15, -0.1) is 22.7 Å². The first-order valence-corrected chi connectivity index (χ1v) is 10.5. The fourth-order valence-corrected chi connectivity index (χ4v) is 5.15. The number of aryl methyl sites for hydroxylation is 1. The van der Waals surface area contributed by atoms with Gasteiger partial charge >= 0.3 is 0 Å². The predicted octanol–water partition coefficient (Wildman–Crippen LogP) is 2.93. The monoisotopic (exact) mass is 391 g/mol. The molecule has 0 aliphatic heterocycles. The molecule has 0 unspecified atom stereocenters. The van der Waals surface area contributed by atoms with E-state index in [-0.39, 0.29) is 11.6 Å². The second-order valence-corrected chi connectivity index (χ2v) is 9.18. The third-order valence-corrected chi connectivity index (χ3v) is 6.75. The molecule has 0 aromatic carbocycles. The lowest BCUT2D eigenvalue weighted by Gasteiger charge is -2.02. The Morgan fingerprint density at radius 1 is 1.28 bits per heavy atom. The van der Waals surface area contributed by atoms with Crippen molar-refractivity contribution in [1.29, 1.82) is 0 Å². The summed E-state index contributed by atoms with van der Waals surface area (Å²) in [5.74, 6) is 0. The van der Waals surface area contributed by atoms with E-state index in [1.807, 2.05) is 24.4 Å². The Hall–Kier alpha value is -2.14. The summed E-state index contributed by atoms with van der Waals surface area (Å²) in [4.78, 5) is 10.4. The molecular formula is C15H13N5O2S3. The number of H-pyrrole nitrogens is 1. The summed E-state index contributed by atoms with van der Waals surface area (Å²) in [7, 11) is -3.73. The zero-order valence-electron chi connectivity index (χ0n) is 13.1. The number of hydrogen-bond acceptors (Lipinski definition) is 7. The highest BCUT2D eigenvalue weighted by atomic mass is 32.2. The third kappa shape index (κ3) is 3.21. The zero-order chi connectivity index (χ0) is 17.4. The fourth-order valence-electron chi connectivity index (χ4n) is 2.36. The molecule has 0 spiro atoms. The smallest absolute Gasteiger partial charge is 0.259 e. The van der Waals surface area contributed by atoms with Gasteiger partial charge in [-0.25, -0.2) is 23.1 Å². The molecule has 0 radical (unpaired) electrons. The summed E-state index contributed by atoms with van der Waals surface area (Å²) >= 11 is 3.11. The van der Waals surface area contributed by atoms with E-state index in [0.29, 0.717) is 11.0 Å². The first-order valence-electron chi connectivity index (χ1n) is 7.33. The molecule has 0 fully saturated rings. The highest BCUT2D eigenvalue weighted by Gasteiger charge is 2.21. The lowest BCUT2D eigenvalue weighted by Crippen LogP contribution is -2.23. The minimum absolute atomic E-state index is 0.0393. The van der Waals surface area contributed by atoms with Crippen LogP contribution in [0.5, 0.6) is 0 Å². The van der Waals surface area contributed by atoms with E-state index < -0.39 is 10.0 Å². The highest BCUT2D eigenvalue weighted by molar-refractivity contribution is 7.89. The second-order valence-electron chi connectivity index (χ2n) is 5.27. The van der Waals surface area contributed by atoms with Gasteiger partial charge in [0.15, 0.2) is 5.65 Å². The van der Waals surface area contributed by atoms with Crippen LogP contribution < -0.4 is 4.72 Å². The lowest BCUT2D eigenvalue weighted by molar-refractivity contribution is 0.578. The molecule has 0 saturated carbocycles. The molecule has 0 aliphatic rings. The Labute approximate surface area is 151 Å². The molecule has 0 bridgehead atoms. The van der Waals surface area contributed by atoms with E-state index in [0.717, 1.165) is 20.5 Å².